The molecule has 0 atom stereocenters. The van der Waals surface area contributed by atoms with Gasteiger partial charge in [-0.15, -0.1) is 0 Å². The molecule has 3 aliphatic rings. The Labute approximate surface area is 163 Å². The van der Waals surface area contributed by atoms with Gasteiger partial charge in [0.05, 0.1) is 13.2 Å². The molecule has 2 aliphatic carbocycles. The van der Waals surface area contributed by atoms with Crippen molar-refractivity contribution in [3.05, 3.63) is 0 Å². The molecule has 27 heavy (non-hydrogen) atoms. The number of morpholine rings is 1. The van der Waals surface area contributed by atoms with Gasteiger partial charge in [0.1, 0.15) is 0 Å². The van der Waals surface area contributed by atoms with Crippen molar-refractivity contribution in [2.45, 2.75) is 69.4 Å². The third-order valence-corrected chi connectivity index (χ3v) is 6.09. The van der Waals surface area contributed by atoms with Crippen LogP contribution in [0.25, 0.3) is 0 Å². The fraction of sp³-hybridized carbons (Fsp3) is 0.900. The molecule has 1 saturated heterocycles. The molecule has 3 rings (SSSR count). The lowest BCUT2D eigenvalue weighted by atomic mass is 9.80. The van der Waals surface area contributed by atoms with Crippen LogP contribution in [0.4, 0.5) is 0 Å². The summed E-state index contributed by atoms with van der Waals surface area (Å²) in [6, 6.07) is 0.451. The molecule has 0 bridgehead atoms. The number of amides is 1. The van der Waals surface area contributed by atoms with E-state index in [1.54, 1.807) is 0 Å². The molecule has 7 heteroatoms. The van der Waals surface area contributed by atoms with Crippen molar-refractivity contribution in [3.63, 3.8) is 0 Å². The van der Waals surface area contributed by atoms with Gasteiger partial charge in [-0.1, -0.05) is 19.3 Å². The fourth-order valence-corrected chi connectivity index (χ4v) is 4.30. The highest BCUT2D eigenvalue weighted by atomic mass is 16.5. The lowest BCUT2D eigenvalue weighted by molar-refractivity contribution is -0.121. The summed E-state index contributed by atoms with van der Waals surface area (Å²) in [5.41, 5.74) is 0.226. The monoisotopic (exact) mass is 379 g/mol. The third-order valence-electron chi connectivity index (χ3n) is 6.09. The number of hydrogen-bond acceptors (Lipinski definition) is 4. The van der Waals surface area contributed by atoms with Crippen LogP contribution in [0.2, 0.25) is 0 Å². The van der Waals surface area contributed by atoms with Gasteiger partial charge in [0.15, 0.2) is 5.96 Å². The Kier molecular flexibility index (Phi) is 7.76. The second kappa shape index (κ2) is 10.3. The van der Waals surface area contributed by atoms with Gasteiger partial charge in [0.25, 0.3) is 0 Å². The lowest BCUT2D eigenvalue weighted by Gasteiger charge is -2.48. The van der Waals surface area contributed by atoms with Crippen molar-refractivity contribution >= 4 is 11.9 Å². The number of nitrogens with zero attached hydrogens (tertiary/aromatic N) is 2. The molecule has 3 fully saturated rings. The van der Waals surface area contributed by atoms with Crippen LogP contribution < -0.4 is 16.0 Å². The molecule has 1 aliphatic heterocycles. The lowest BCUT2D eigenvalue weighted by Crippen LogP contribution is -2.60. The maximum absolute atomic E-state index is 11.8. The summed E-state index contributed by atoms with van der Waals surface area (Å²) < 4.78 is 5.56. The van der Waals surface area contributed by atoms with E-state index in [4.69, 9.17) is 4.74 Å². The van der Waals surface area contributed by atoms with Crippen LogP contribution in [-0.4, -0.2) is 74.8 Å². The van der Waals surface area contributed by atoms with Crippen molar-refractivity contribution in [1.29, 1.82) is 0 Å². The van der Waals surface area contributed by atoms with Crippen LogP contribution in [0.15, 0.2) is 4.99 Å². The van der Waals surface area contributed by atoms with Gasteiger partial charge in [-0.25, -0.2) is 0 Å². The SMILES string of the molecule is CN=C(NCCCC(=O)NC1CC1)NCC1(N2CCOCC2)CCCCC1. The van der Waals surface area contributed by atoms with E-state index < -0.39 is 0 Å². The number of aliphatic imine (C=N–C) groups is 1. The van der Waals surface area contributed by atoms with Gasteiger partial charge < -0.3 is 20.7 Å². The minimum atomic E-state index is 0.177. The molecule has 0 aromatic rings. The Morgan fingerprint density at radius 2 is 1.89 bits per heavy atom. The van der Waals surface area contributed by atoms with Crippen molar-refractivity contribution in [3.8, 4) is 0 Å². The number of rotatable bonds is 8. The Morgan fingerprint density at radius 3 is 2.56 bits per heavy atom. The number of hydrogen-bond donors (Lipinski definition) is 3. The van der Waals surface area contributed by atoms with E-state index in [1.165, 1.54) is 32.1 Å². The van der Waals surface area contributed by atoms with Crippen molar-refractivity contribution in [1.82, 2.24) is 20.9 Å². The molecule has 0 radical (unpaired) electrons. The number of ether oxygens (including phenoxy) is 1. The maximum Gasteiger partial charge on any atom is 0.220 e. The van der Waals surface area contributed by atoms with Crippen LogP contribution in [0.5, 0.6) is 0 Å². The minimum Gasteiger partial charge on any atom is -0.379 e. The molecule has 0 unspecified atom stereocenters. The summed E-state index contributed by atoms with van der Waals surface area (Å²) in [6.45, 7) is 5.44. The van der Waals surface area contributed by atoms with Gasteiger partial charge in [0.2, 0.25) is 5.91 Å². The highest BCUT2D eigenvalue weighted by Gasteiger charge is 2.38. The van der Waals surface area contributed by atoms with Gasteiger partial charge in [0, 0.05) is 51.2 Å². The van der Waals surface area contributed by atoms with E-state index >= 15 is 0 Å². The van der Waals surface area contributed by atoms with Crippen molar-refractivity contribution in [2.75, 3.05) is 46.4 Å². The van der Waals surface area contributed by atoms with Crippen LogP contribution in [-0.2, 0) is 9.53 Å². The topological polar surface area (TPSA) is 78.0 Å². The average molecular weight is 380 g/mol. The summed E-state index contributed by atoms with van der Waals surface area (Å²) in [6.07, 6.45) is 10.2. The zero-order valence-electron chi connectivity index (χ0n) is 16.9. The van der Waals surface area contributed by atoms with E-state index in [0.29, 0.717) is 12.5 Å². The highest BCUT2D eigenvalue weighted by molar-refractivity contribution is 5.80. The number of guanidine groups is 1. The second-order valence-electron chi connectivity index (χ2n) is 8.18. The molecule has 0 aromatic carbocycles. The molecule has 154 valence electrons. The predicted molar refractivity (Wildman–Crippen MR) is 108 cm³/mol. The average Bonchev–Trinajstić information content (AvgIpc) is 3.53. The normalized spacial score (nSPS) is 23.7. The Bertz CT molecular complexity index is 495. The largest absolute Gasteiger partial charge is 0.379 e. The van der Waals surface area contributed by atoms with Crippen LogP contribution in [0.1, 0.15) is 57.8 Å². The number of carbonyl (C=O) groups excluding carboxylic acids is 1. The predicted octanol–water partition coefficient (Wildman–Crippen LogP) is 1.25. The highest BCUT2D eigenvalue weighted by Crippen LogP contribution is 2.33. The molecule has 1 heterocycles. The first-order valence-corrected chi connectivity index (χ1v) is 10.8. The fourth-order valence-electron chi connectivity index (χ4n) is 4.30. The first kappa shape index (κ1) is 20.4. The standard InChI is InChI=1S/C20H37N5O2/c1-21-19(22-11-5-6-18(26)24-17-7-8-17)23-16-20(9-3-2-4-10-20)25-12-14-27-15-13-25/h17H,2-16H2,1H3,(H,24,26)(H2,21,22,23). The molecular formula is C20H37N5O2. The van der Waals surface area contributed by atoms with E-state index in [2.05, 4.69) is 25.8 Å². The molecule has 0 aromatic heterocycles. The van der Waals surface area contributed by atoms with Crippen LogP contribution in [0.3, 0.4) is 0 Å². The van der Waals surface area contributed by atoms with Gasteiger partial charge in [-0.2, -0.15) is 0 Å². The molecule has 1 amide bonds. The van der Waals surface area contributed by atoms with Gasteiger partial charge >= 0.3 is 0 Å². The van der Waals surface area contributed by atoms with E-state index in [0.717, 1.165) is 64.6 Å². The molecule has 0 spiro atoms. The summed E-state index contributed by atoms with van der Waals surface area (Å²) in [7, 11) is 1.82. The first-order valence-electron chi connectivity index (χ1n) is 10.8. The Hall–Kier alpha value is -1.34. The first-order chi connectivity index (χ1) is 13.2. The Morgan fingerprint density at radius 1 is 1.15 bits per heavy atom. The summed E-state index contributed by atoms with van der Waals surface area (Å²) in [5.74, 6) is 1.02. The maximum atomic E-state index is 11.8. The smallest absolute Gasteiger partial charge is 0.220 e. The molecule has 7 nitrogen and oxygen atoms in total. The Balaban J connectivity index is 1.41. The van der Waals surface area contributed by atoms with E-state index in [9.17, 15) is 4.79 Å². The minimum absolute atomic E-state index is 0.177. The number of nitrogens with one attached hydrogen (secondary N) is 3. The summed E-state index contributed by atoms with van der Waals surface area (Å²) in [4.78, 5) is 18.8. The molecule has 3 N–H and O–H groups in total. The van der Waals surface area contributed by atoms with E-state index in [-0.39, 0.29) is 11.4 Å². The third kappa shape index (κ3) is 6.35. The summed E-state index contributed by atoms with van der Waals surface area (Å²) in [5, 5.41) is 9.97. The van der Waals surface area contributed by atoms with Crippen molar-refractivity contribution in [2.24, 2.45) is 4.99 Å². The van der Waals surface area contributed by atoms with Gasteiger partial charge in [-0.05, 0) is 32.1 Å². The summed E-state index contributed by atoms with van der Waals surface area (Å²) >= 11 is 0. The molecule has 2 saturated carbocycles. The number of carbonyl (C=O) groups is 1. The quantitative estimate of drug-likeness (QED) is 0.336. The van der Waals surface area contributed by atoms with Gasteiger partial charge in [-0.3, -0.25) is 14.7 Å². The van der Waals surface area contributed by atoms with Crippen molar-refractivity contribution < 1.29 is 9.53 Å². The molecular weight excluding hydrogens is 342 g/mol. The second-order valence-corrected chi connectivity index (χ2v) is 8.18. The zero-order valence-corrected chi connectivity index (χ0v) is 16.9. The van der Waals surface area contributed by atoms with Crippen LogP contribution in [0, 0.1) is 0 Å². The van der Waals surface area contributed by atoms with Crippen LogP contribution >= 0.6 is 0 Å². The zero-order chi connectivity index (χ0) is 19.0. The van der Waals surface area contributed by atoms with E-state index in [1.807, 2.05) is 7.05 Å².